The smallest absolute Gasteiger partial charge is 0.377 e. The van der Waals surface area contributed by atoms with Gasteiger partial charge in [-0.15, -0.1) is 0 Å². The Morgan fingerprint density at radius 3 is 2.75 bits per heavy atom. The molecule has 4 nitrogen and oxygen atoms in total. The first-order chi connectivity index (χ1) is 9.78. The molecule has 2 aromatic carbocycles. The molecule has 20 heavy (non-hydrogen) atoms. The van der Waals surface area contributed by atoms with Crippen molar-refractivity contribution in [2.75, 3.05) is 6.61 Å². The number of ether oxygens (including phenoxy) is 1. The fraction of sp³-hybridized carbons (Fsp3) is 0.125. The number of hydrogen-bond donors (Lipinski definition) is 0. The number of carbonyl (C=O) groups excluding carboxylic acids is 1. The fourth-order valence-electron chi connectivity index (χ4n) is 2.06. The zero-order valence-electron chi connectivity index (χ0n) is 11.0. The van der Waals surface area contributed by atoms with Crippen molar-refractivity contribution in [1.82, 2.24) is 5.16 Å². The Labute approximate surface area is 116 Å². The van der Waals surface area contributed by atoms with Crippen molar-refractivity contribution < 1.29 is 14.1 Å². The molecule has 0 aliphatic carbocycles. The van der Waals surface area contributed by atoms with Crippen LogP contribution in [0.1, 0.15) is 17.5 Å². The van der Waals surface area contributed by atoms with Gasteiger partial charge >= 0.3 is 5.97 Å². The second kappa shape index (κ2) is 5.17. The van der Waals surface area contributed by atoms with E-state index in [4.69, 9.17) is 9.26 Å². The van der Waals surface area contributed by atoms with Crippen molar-refractivity contribution in [1.29, 1.82) is 0 Å². The van der Waals surface area contributed by atoms with Gasteiger partial charge < -0.3 is 9.26 Å². The van der Waals surface area contributed by atoms with Crippen molar-refractivity contribution in [3.05, 3.63) is 54.3 Å². The minimum Gasteiger partial charge on any atom is -0.460 e. The van der Waals surface area contributed by atoms with Crippen LogP contribution in [0.25, 0.3) is 22.0 Å². The maximum absolute atomic E-state index is 11.5. The Morgan fingerprint density at radius 2 is 1.95 bits per heavy atom. The molecule has 0 saturated heterocycles. The lowest BCUT2D eigenvalue weighted by atomic mass is 10.1. The summed E-state index contributed by atoms with van der Waals surface area (Å²) in [7, 11) is 0. The van der Waals surface area contributed by atoms with Gasteiger partial charge in [0.15, 0.2) is 0 Å². The second-order valence-electron chi connectivity index (χ2n) is 4.36. The van der Waals surface area contributed by atoms with E-state index in [1.54, 1.807) is 13.0 Å². The molecular weight excluding hydrogens is 254 g/mol. The highest BCUT2D eigenvalue weighted by Gasteiger charge is 2.14. The van der Waals surface area contributed by atoms with E-state index in [9.17, 15) is 4.79 Å². The SMILES string of the molecule is CCOC(=O)c1cc(-c2ccc3ccccc3c2)no1. The molecule has 100 valence electrons. The molecule has 3 aromatic rings. The minimum atomic E-state index is -0.493. The lowest BCUT2D eigenvalue weighted by Gasteiger charge is -1.99. The van der Waals surface area contributed by atoms with Crippen LogP contribution in [0.2, 0.25) is 0 Å². The van der Waals surface area contributed by atoms with Crippen molar-refractivity contribution in [2.24, 2.45) is 0 Å². The number of benzene rings is 2. The summed E-state index contributed by atoms with van der Waals surface area (Å²) >= 11 is 0. The highest BCUT2D eigenvalue weighted by molar-refractivity contribution is 5.89. The molecule has 0 spiro atoms. The molecule has 3 rings (SSSR count). The predicted molar refractivity (Wildman–Crippen MR) is 75.4 cm³/mol. The minimum absolute atomic E-state index is 0.120. The fourth-order valence-corrected chi connectivity index (χ4v) is 2.06. The average Bonchev–Trinajstić information content (AvgIpc) is 2.97. The molecule has 0 aliphatic rings. The van der Waals surface area contributed by atoms with Crippen LogP contribution in [-0.2, 0) is 4.74 Å². The van der Waals surface area contributed by atoms with Crippen LogP contribution in [-0.4, -0.2) is 17.7 Å². The summed E-state index contributed by atoms with van der Waals surface area (Å²) in [4.78, 5) is 11.5. The van der Waals surface area contributed by atoms with Crippen molar-refractivity contribution >= 4 is 16.7 Å². The summed E-state index contributed by atoms with van der Waals surface area (Å²) < 4.78 is 9.90. The van der Waals surface area contributed by atoms with Gasteiger partial charge in [0.2, 0.25) is 5.76 Å². The van der Waals surface area contributed by atoms with Crippen LogP contribution >= 0.6 is 0 Å². The zero-order chi connectivity index (χ0) is 13.9. The van der Waals surface area contributed by atoms with Crippen molar-refractivity contribution in [3.8, 4) is 11.3 Å². The van der Waals surface area contributed by atoms with E-state index >= 15 is 0 Å². The number of hydrogen-bond acceptors (Lipinski definition) is 4. The van der Waals surface area contributed by atoms with Crippen molar-refractivity contribution in [2.45, 2.75) is 6.92 Å². The molecular formula is C16H13NO3. The van der Waals surface area contributed by atoms with Gasteiger partial charge in [-0.05, 0) is 23.8 Å². The average molecular weight is 267 g/mol. The molecule has 0 unspecified atom stereocenters. The van der Waals surface area contributed by atoms with Gasteiger partial charge in [0.05, 0.1) is 6.61 Å². The number of esters is 1. The Bertz CT molecular complexity index is 761. The summed E-state index contributed by atoms with van der Waals surface area (Å²) in [6, 6.07) is 15.6. The van der Waals surface area contributed by atoms with Gasteiger partial charge in [-0.1, -0.05) is 41.6 Å². The van der Waals surface area contributed by atoms with Crippen LogP contribution in [0.5, 0.6) is 0 Å². The van der Waals surface area contributed by atoms with E-state index in [1.807, 2.05) is 42.5 Å². The highest BCUT2D eigenvalue weighted by atomic mass is 16.6. The largest absolute Gasteiger partial charge is 0.460 e. The first kappa shape index (κ1) is 12.4. The van der Waals surface area contributed by atoms with Crippen LogP contribution in [0.15, 0.2) is 53.1 Å². The number of nitrogens with zero attached hydrogens (tertiary/aromatic N) is 1. The molecule has 0 fully saturated rings. The third-order valence-electron chi connectivity index (χ3n) is 3.03. The van der Waals surface area contributed by atoms with Crippen LogP contribution < -0.4 is 0 Å². The molecule has 0 saturated carbocycles. The molecule has 0 N–H and O–H groups in total. The third-order valence-corrected chi connectivity index (χ3v) is 3.03. The number of rotatable bonds is 3. The van der Waals surface area contributed by atoms with Crippen LogP contribution in [0.3, 0.4) is 0 Å². The maximum atomic E-state index is 11.5. The Morgan fingerprint density at radius 1 is 1.15 bits per heavy atom. The second-order valence-corrected chi connectivity index (χ2v) is 4.36. The number of carbonyl (C=O) groups is 1. The Hall–Kier alpha value is -2.62. The van der Waals surface area contributed by atoms with Crippen LogP contribution in [0, 0.1) is 0 Å². The normalized spacial score (nSPS) is 10.7. The van der Waals surface area contributed by atoms with Gasteiger partial charge in [-0.2, -0.15) is 0 Å². The first-order valence-electron chi connectivity index (χ1n) is 6.41. The Balaban J connectivity index is 1.96. The summed E-state index contributed by atoms with van der Waals surface area (Å²) in [5.41, 5.74) is 1.53. The molecule has 0 amide bonds. The quantitative estimate of drug-likeness (QED) is 0.679. The summed E-state index contributed by atoms with van der Waals surface area (Å²) in [6.45, 7) is 2.06. The molecule has 0 bridgehead atoms. The summed E-state index contributed by atoms with van der Waals surface area (Å²) in [5.74, 6) is -0.373. The van der Waals surface area contributed by atoms with Gasteiger partial charge in [-0.3, -0.25) is 0 Å². The lowest BCUT2D eigenvalue weighted by Crippen LogP contribution is -2.02. The van der Waals surface area contributed by atoms with E-state index in [-0.39, 0.29) is 5.76 Å². The molecule has 0 atom stereocenters. The standard InChI is InChI=1S/C16H13NO3/c1-2-19-16(18)15-10-14(17-20-15)13-8-7-11-5-3-4-6-12(11)9-13/h3-10H,2H2,1H3. The van der Waals surface area contributed by atoms with E-state index in [0.717, 1.165) is 16.3 Å². The summed E-state index contributed by atoms with van der Waals surface area (Å²) in [5, 5.41) is 6.19. The van der Waals surface area contributed by atoms with E-state index < -0.39 is 5.97 Å². The first-order valence-corrected chi connectivity index (χ1v) is 6.41. The van der Waals surface area contributed by atoms with Gasteiger partial charge in [0, 0.05) is 11.6 Å². The molecule has 0 aliphatic heterocycles. The van der Waals surface area contributed by atoms with Gasteiger partial charge in [0.1, 0.15) is 5.69 Å². The maximum Gasteiger partial charge on any atom is 0.377 e. The monoisotopic (exact) mass is 267 g/mol. The van der Waals surface area contributed by atoms with Crippen molar-refractivity contribution in [3.63, 3.8) is 0 Å². The van der Waals surface area contributed by atoms with Gasteiger partial charge in [0.25, 0.3) is 0 Å². The molecule has 4 heteroatoms. The summed E-state index contributed by atoms with van der Waals surface area (Å²) in [6.07, 6.45) is 0. The number of fused-ring (bicyclic) bond motifs is 1. The van der Waals surface area contributed by atoms with E-state index in [2.05, 4.69) is 5.16 Å². The topological polar surface area (TPSA) is 52.3 Å². The van der Waals surface area contributed by atoms with E-state index in [0.29, 0.717) is 12.3 Å². The molecule has 0 radical (unpaired) electrons. The van der Waals surface area contributed by atoms with E-state index in [1.165, 1.54) is 0 Å². The molecule has 1 aromatic heterocycles. The highest BCUT2D eigenvalue weighted by Crippen LogP contribution is 2.24. The predicted octanol–water partition coefficient (Wildman–Crippen LogP) is 3.67. The Kier molecular flexibility index (Phi) is 3.21. The molecule has 1 heterocycles. The third kappa shape index (κ3) is 2.28. The lowest BCUT2D eigenvalue weighted by molar-refractivity contribution is 0.0480. The zero-order valence-corrected chi connectivity index (χ0v) is 11.0. The van der Waals surface area contributed by atoms with Gasteiger partial charge in [-0.25, -0.2) is 4.79 Å². The van der Waals surface area contributed by atoms with Crippen LogP contribution in [0.4, 0.5) is 0 Å². The number of aromatic nitrogens is 1.